The summed E-state index contributed by atoms with van der Waals surface area (Å²) in [6.45, 7) is 19.4. The van der Waals surface area contributed by atoms with E-state index in [9.17, 15) is 4.79 Å². The highest BCUT2D eigenvalue weighted by Gasteiger charge is 2.22. The fourth-order valence-electron chi connectivity index (χ4n) is 6.44. The number of rotatable bonds is 30. The zero-order chi connectivity index (χ0) is 36.5. The van der Waals surface area contributed by atoms with E-state index in [1.165, 1.54) is 89.9 Å². The van der Waals surface area contributed by atoms with Crippen molar-refractivity contribution in [2.75, 3.05) is 26.4 Å². The predicted molar refractivity (Wildman–Crippen MR) is 216 cm³/mol. The maximum Gasteiger partial charge on any atom is 0.231 e. The minimum atomic E-state index is -0.180. The van der Waals surface area contributed by atoms with Gasteiger partial charge in [0.15, 0.2) is 17.2 Å². The highest BCUT2D eigenvalue weighted by molar-refractivity contribution is 5.87. The number of aryl methyl sites for hydroxylation is 1. The first-order chi connectivity index (χ1) is 25.1. The van der Waals surface area contributed by atoms with Gasteiger partial charge in [-0.1, -0.05) is 154 Å². The van der Waals surface area contributed by atoms with Gasteiger partial charge in [-0.3, -0.25) is 4.79 Å². The van der Waals surface area contributed by atoms with Gasteiger partial charge in [-0.25, -0.2) is 0 Å². The molecule has 278 valence electrons. The lowest BCUT2D eigenvalue weighted by molar-refractivity contribution is 0.308. The molecule has 0 aliphatic heterocycles. The number of nitrogens with zero attached hydrogens (tertiary/aromatic N) is 1. The average molecular weight is 698 g/mol. The maximum absolute atomic E-state index is 14.1. The van der Waals surface area contributed by atoms with Crippen LogP contribution in [0.3, 0.4) is 0 Å². The molecule has 0 spiro atoms. The summed E-state index contributed by atoms with van der Waals surface area (Å²) in [6, 6.07) is 11.3. The molecule has 0 bridgehead atoms. The molecule has 3 rings (SSSR count). The second-order valence-electron chi connectivity index (χ2n) is 13.2. The molecule has 0 atom stereocenters. The van der Waals surface area contributed by atoms with Crippen molar-refractivity contribution in [3.8, 4) is 34.3 Å². The van der Waals surface area contributed by atoms with Crippen LogP contribution >= 0.6 is 0 Å². The Labute approximate surface area is 307 Å². The van der Waals surface area contributed by atoms with E-state index in [2.05, 4.69) is 37.8 Å². The number of pyridine rings is 1. The van der Waals surface area contributed by atoms with Gasteiger partial charge < -0.3 is 23.5 Å². The molecule has 51 heavy (non-hydrogen) atoms. The van der Waals surface area contributed by atoms with Gasteiger partial charge in [0.2, 0.25) is 5.43 Å². The minimum Gasteiger partial charge on any atom is -0.489 e. The van der Waals surface area contributed by atoms with Crippen LogP contribution < -0.4 is 24.4 Å². The van der Waals surface area contributed by atoms with E-state index in [1.54, 1.807) is 24.3 Å². The topological polar surface area (TPSA) is 58.9 Å². The van der Waals surface area contributed by atoms with Crippen LogP contribution in [0.5, 0.6) is 23.0 Å². The number of unbranched alkanes of at least 4 members (excludes halogenated alkanes) is 15. The SMILES string of the molecule is C=CCOc1ccc2c(=O)c(OCC=C)c(-c3ccc(OCC=C)c(OCC=C)c3)n(CCCCCCCCCCCCCCCCCC)c2c1. The van der Waals surface area contributed by atoms with E-state index in [-0.39, 0.29) is 17.8 Å². The van der Waals surface area contributed by atoms with Crippen LogP contribution in [0.15, 0.2) is 91.8 Å². The molecule has 0 unspecified atom stereocenters. The molecule has 0 saturated carbocycles. The van der Waals surface area contributed by atoms with E-state index in [0.717, 1.165) is 23.9 Å². The maximum atomic E-state index is 14.1. The van der Waals surface area contributed by atoms with Crippen LogP contribution in [0.4, 0.5) is 0 Å². The number of ether oxygens (including phenoxy) is 4. The first-order valence-corrected chi connectivity index (χ1v) is 19.4. The molecule has 0 saturated heterocycles. The largest absolute Gasteiger partial charge is 0.489 e. The third-order valence-corrected chi connectivity index (χ3v) is 9.08. The van der Waals surface area contributed by atoms with Gasteiger partial charge in [0.25, 0.3) is 0 Å². The van der Waals surface area contributed by atoms with Crippen molar-refractivity contribution in [3.05, 3.63) is 97.2 Å². The Morgan fingerprint density at radius 3 is 1.65 bits per heavy atom. The third-order valence-electron chi connectivity index (χ3n) is 9.08. The van der Waals surface area contributed by atoms with E-state index in [1.807, 2.05) is 36.4 Å². The van der Waals surface area contributed by atoms with Crippen molar-refractivity contribution in [1.29, 1.82) is 0 Å². The summed E-state index contributed by atoms with van der Waals surface area (Å²) in [4.78, 5) is 14.1. The first-order valence-electron chi connectivity index (χ1n) is 19.4. The quantitative estimate of drug-likeness (QED) is 0.0512. The Bertz CT molecular complexity index is 1550. The van der Waals surface area contributed by atoms with Crippen LogP contribution in [-0.4, -0.2) is 31.0 Å². The Hall–Kier alpha value is -4.19. The van der Waals surface area contributed by atoms with Crippen molar-refractivity contribution in [2.45, 2.75) is 116 Å². The lowest BCUT2D eigenvalue weighted by Gasteiger charge is -2.22. The number of aromatic nitrogens is 1. The summed E-state index contributed by atoms with van der Waals surface area (Å²) in [5.74, 6) is 2.10. The molecule has 6 nitrogen and oxygen atoms in total. The fraction of sp³-hybridized carbons (Fsp3) is 0.489. The van der Waals surface area contributed by atoms with Gasteiger partial charge in [-0.2, -0.15) is 0 Å². The Kier molecular flexibility index (Phi) is 20.1. The summed E-state index contributed by atoms with van der Waals surface area (Å²) in [5, 5.41) is 0.578. The zero-order valence-electron chi connectivity index (χ0n) is 31.4. The Balaban J connectivity index is 1.79. The number of fused-ring (bicyclic) bond motifs is 1. The average Bonchev–Trinajstić information content (AvgIpc) is 3.15. The fourth-order valence-corrected chi connectivity index (χ4v) is 6.44. The molecule has 0 radical (unpaired) electrons. The van der Waals surface area contributed by atoms with Crippen molar-refractivity contribution in [3.63, 3.8) is 0 Å². The second kappa shape index (κ2) is 24.9. The van der Waals surface area contributed by atoms with Crippen LogP contribution in [0, 0.1) is 0 Å². The lowest BCUT2D eigenvalue weighted by atomic mass is 10.0. The number of hydrogen-bond acceptors (Lipinski definition) is 5. The summed E-state index contributed by atoms with van der Waals surface area (Å²) in [5.41, 5.74) is 2.09. The van der Waals surface area contributed by atoms with E-state index in [4.69, 9.17) is 18.9 Å². The summed E-state index contributed by atoms with van der Waals surface area (Å²) in [6.07, 6.45) is 27.7. The van der Waals surface area contributed by atoms with Crippen molar-refractivity contribution in [2.24, 2.45) is 0 Å². The van der Waals surface area contributed by atoms with Gasteiger partial charge >= 0.3 is 0 Å². The minimum absolute atomic E-state index is 0.180. The standard InChI is InChI=1S/C45H63NO5/c1-6-11-12-13-14-15-16-17-18-19-20-21-22-23-24-25-30-46-40-36-38(48-31-7-2)27-28-39(40)44(47)45(51-34-10-5)43(46)37-26-29-41(49-32-8-3)42(35-37)50-33-9-4/h7-10,26-29,35-36H,2-6,11-25,30-34H2,1H3. The Morgan fingerprint density at radius 1 is 0.569 bits per heavy atom. The van der Waals surface area contributed by atoms with Gasteiger partial charge in [-0.05, 0) is 36.8 Å². The molecule has 0 aliphatic carbocycles. The molecule has 1 aromatic heterocycles. The number of benzene rings is 2. The third kappa shape index (κ3) is 13.8. The number of hydrogen-bond donors (Lipinski definition) is 0. The van der Waals surface area contributed by atoms with E-state index >= 15 is 0 Å². The Morgan fingerprint density at radius 2 is 1.08 bits per heavy atom. The highest BCUT2D eigenvalue weighted by Crippen LogP contribution is 2.38. The molecule has 3 aromatic rings. The van der Waals surface area contributed by atoms with Crippen LogP contribution in [0.2, 0.25) is 0 Å². The van der Waals surface area contributed by atoms with Crippen molar-refractivity contribution < 1.29 is 18.9 Å². The lowest BCUT2D eigenvalue weighted by Crippen LogP contribution is -2.18. The molecule has 1 heterocycles. The second-order valence-corrected chi connectivity index (χ2v) is 13.2. The van der Waals surface area contributed by atoms with Crippen molar-refractivity contribution in [1.82, 2.24) is 4.57 Å². The monoisotopic (exact) mass is 697 g/mol. The summed E-state index contributed by atoms with van der Waals surface area (Å²) < 4.78 is 26.2. The first kappa shape index (κ1) is 41.2. The summed E-state index contributed by atoms with van der Waals surface area (Å²) >= 11 is 0. The molecule has 0 fully saturated rings. The van der Waals surface area contributed by atoms with Crippen LogP contribution in [-0.2, 0) is 6.54 Å². The van der Waals surface area contributed by atoms with Crippen LogP contribution in [0.1, 0.15) is 110 Å². The zero-order valence-corrected chi connectivity index (χ0v) is 31.4. The smallest absolute Gasteiger partial charge is 0.231 e. The van der Waals surface area contributed by atoms with Gasteiger partial charge in [0.1, 0.15) is 32.2 Å². The molecule has 0 aliphatic rings. The van der Waals surface area contributed by atoms with Crippen LogP contribution in [0.25, 0.3) is 22.2 Å². The van der Waals surface area contributed by atoms with Gasteiger partial charge in [0, 0.05) is 23.6 Å². The van der Waals surface area contributed by atoms with E-state index < -0.39 is 0 Å². The summed E-state index contributed by atoms with van der Waals surface area (Å²) in [7, 11) is 0. The molecule has 2 aromatic carbocycles. The van der Waals surface area contributed by atoms with Gasteiger partial charge in [0.05, 0.1) is 11.2 Å². The highest BCUT2D eigenvalue weighted by atomic mass is 16.5. The van der Waals surface area contributed by atoms with E-state index in [0.29, 0.717) is 54.7 Å². The predicted octanol–water partition coefficient (Wildman–Crippen LogP) is 12.2. The molecule has 0 N–H and O–H groups in total. The van der Waals surface area contributed by atoms with Crippen molar-refractivity contribution >= 4 is 10.9 Å². The normalized spacial score (nSPS) is 10.9. The molecular weight excluding hydrogens is 634 g/mol. The van der Waals surface area contributed by atoms with Gasteiger partial charge in [-0.15, -0.1) is 0 Å². The molecular formula is C45H63NO5. The molecule has 0 amide bonds. The molecule has 6 heteroatoms.